The fourth-order valence-electron chi connectivity index (χ4n) is 1.76. The van der Waals surface area contributed by atoms with E-state index in [4.69, 9.17) is 15.2 Å². The number of thiophene rings is 1. The zero-order valence-corrected chi connectivity index (χ0v) is 13.5. The Labute approximate surface area is 128 Å². The number of esters is 1. The number of ether oxygens (including phenoxy) is 2. The third-order valence-corrected chi connectivity index (χ3v) is 3.96. The van der Waals surface area contributed by atoms with E-state index in [1.165, 1.54) is 18.3 Å². The summed E-state index contributed by atoms with van der Waals surface area (Å²) < 4.78 is 10.2. The standard InChI is InChI=1S/C14H22N2O4S/c1-4-19-8-6-7-16-13-10(14(18)20-5-2)11(15)12(21-13)9(3)17/h16H,4-8,15H2,1-3H3. The van der Waals surface area contributed by atoms with Gasteiger partial charge in [-0.05, 0) is 20.3 Å². The highest BCUT2D eigenvalue weighted by atomic mass is 32.1. The topological polar surface area (TPSA) is 90.6 Å². The average Bonchev–Trinajstić information content (AvgIpc) is 2.76. The highest BCUT2D eigenvalue weighted by molar-refractivity contribution is 7.19. The van der Waals surface area contributed by atoms with Crippen LogP contribution in [0.15, 0.2) is 0 Å². The molecular formula is C14H22N2O4S. The quantitative estimate of drug-likeness (QED) is 0.413. The molecule has 0 aliphatic carbocycles. The molecule has 0 radical (unpaired) electrons. The molecule has 0 saturated carbocycles. The Balaban J connectivity index is 2.87. The first-order valence-corrected chi connectivity index (χ1v) is 7.76. The zero-order chi connectivity index (χ0) is 15.8. The van der Waals surface area contributed by atoms with Crippen molar-refractivity contribution < 1.29 is 19.1 Å². The largest absolute Gasteiger partial charge is 0.462 e. The fourth-order valence-corrected chi connectivity index (χ4v) is 2.79. The molecule has 0 spiro atoms. The summed E-state index contributed by atoms with van der Waals surface area (Å²) in [7, 11) is 0. The van der Waals surface area contributed by atoms with Crippen LogP contribution in [-0.4, -0.2) is 38.1 Å². The molecule has 6 nitrogen and oxygen atoms in total. The molecule has 1 rings (SSSR count). The van der Waals surface area contributed by atoms with Crippen molar-refractivity contribution in [2.24, 2.45) is 0 Å². The maximum Gasteiger partial charge on any atom is 0.343 e. The van der Waals surface area contributed by atoms with Crippen molar-refractivity contribution in [1.29, 1.82) is 0 Å². The second kappa shape index (κ2) is 8.63. The summed E-state index contributed by atoms with van der Waals surface area (Å²) in [6.07, 6.45) is 0.795. The molecule has 0 aliphatic rings. The second-order valence-corrected chi connectivity index (χ2v) is 5.32. The molecule has 0 aromatic carbocycles. The van der Waals surface area contributed by atoms with Crippen molar-refractivity contribution in [3.8, 4) is 0 Å². The Morgan fingerprint density at radius 2 is 2.00 bits per heavy atom. The number of hydrogen-bond donors (Lipinski definition) is 2. The van der Waals surface area contributed by atoms with E-state index in [2.05, 4.69) is 5.32 Å². The van der Waals surface area contributed by atoms with Gasteiger partial charge in [-0.25, -0.2) is 4.79 Å². The van der Waals surface area contributed by atoms with Gasteiger partial charge in [-0.3, -0.25) is 4.79 Å². The van der Waals surface area contributed by atoms with Gasteiger partial charge in [0.25, 0.3) is 0 Å². The summed E-state index contributed by atoms with van der Waals surface area (Å²) in [5.41, 5.74) is 6.36. The van der Waals surface area contributed by atoms with E-state index in [-0.39, 0.29) is 23.6 Å². The van der Waals surface area contributed by atoms with Gasteiger partial charge >= 0.3 is 5.97 Å². The average molecular weight is 314 g/mol. The Morgan fingerprint density at radius 1 is 1.29 bits per heavy atom. The van der Waals surface area contributed by atoms with Crippen molar-refractivity contribution >= 4 is 33.8 Å². The van der Waals surface area contributed by atoms with E-state index in [1.807, 2.05) is 6.92 Å². The first-order chi connectivity index (χ1) is 10.0. The number of nitrogen functional groups attached to an aromatic ring is 1. The number of carbonyl (C=O) groups excluding carboxylic acids is 2. The van der Waals surface area contributed by atoms with E-state index < -0.39 is 5.97 Å². The van der Waals surface area contributed by atoms with Gasteiger partial charge in [0.2, 0.25) is 0 Å². The zero-order valence-electron chi connectivity index (χ0n) is 12.7. The number of Topliss-reactive ketones (excluding diaryl/α,β-unsaturated/α-hetero) is 1. The lowest BCUT2D eigenvalue weighted by molar-refractivity contribution is 0.0529. The smallest absolute Gasteiger partial charge is 0.343 e. The third-order valence-electron chi connectivity index (χ3n) is 2.70. The Morgan fingerprint density at radius 3 is 2.57 bits per heavy atom. The number of hydrogen-bond acceptors (Lipinski definition) is 7. The minimum absolute atomic E-state index is 0.162. The Hall–Kier alpha value is -1.60. The van der Waals surface area contributed by atoms with Crippen molar-refractivity contribution in [3.05, 3.63) is 10.4 Å². The number of anilines is 2. The van der Waals surface area contributed by atoms with Crippen LogP contribution in [0.1, 0.15) is 47.2 Å². The SMILES string of the molecule is CCOCCCNc1sc(C(C)=O)c(N)c1C(=O)OCC. The molecule has 0 amide bonds. The van der Waals surface area contributed by atoms with E-state index in [1.54, 1.807) is 6.92 Å². The van der Waals surface area contributed by atoms with Gasteiger partial charge in [0.05, 0.1) is 17.2 Å². The fraction of sp³-hybridized carbons (Fsp3) is 0.571. The van der Waals surface area contributed by atoms with Crippen LogP contribution in [0.25, 0.3) is 0 Å². The van der Waals surface area contributed by atoms with Crippen molar-refractivity contribution in [2.45, 2.75) is 27.2 Å². The first-order valence-electron chi connectivity index (χ1n) is 6.94. The first kappa shape index (κ1) is 17.5. The molecule has 0 bridgehead atoms. The van der Waals surface area contributed by atoms with E-state index in [9.17, 15) is 9.59 Å². The molecule has 3 N–H and O–H groups in total. The number of nitrogens with two attached hydrogens (primary N) is 1. The minimum atomic E-state index is -0.508. The third kappa shape index (κ3) is 4.71. The van der Waals surface area contributed by atoms with Gasteiger partial charge in [0.1, 0.15) is 10.6 Å². The van der Waals surface area contributed by atoms with Crippen LogP contribution in [0.4, 0.5) is 10.7 Å². The van der Waals surface area contributed by atoms with Gasteiger partial charge in [0.15, 0.2) is 5.78 Å². The van der Waals surface area contributed by atoms with Crippen molar-refractivity contribution in [2.75, 3.05) is 37.4 Å². The van der Waals surface area contributed by atoms with Gasteiger partial charge in [-0.1, -0.05) is 0 Å². The summed E-state index contributed by atoms with van der Waals surface area (Å²) in [4.78, 5) is 23.9. The summed E-state index contributed by atoms with van der Waals surface area (Å²) in [6.45, 7) is 7.28. The van der Waals surface area contributed by atoms with Crippen LogP contribution in [0.3, 0.4) is 0 Å². The molecule has 0 unspecified atom stereocenters. The number of rotatable bonds is 9. The molecule has 0 saturated heterocycles. The lowest BCUT2D eigenvalue weighted by atomic mass is 10.2. The predicted octanol–water partition coefficient (Wildman–Crippen LogP) is 2.55. The Kier molecular flexibility index (Phi) is 7.18. The van der Waals surface area contributed by atoms with Crippen molar-refractivity contribution in [3.63, 3.8) is 0 Å². The van der Waals surface area contributed by atoms with E-state index in [0.717, 1.165) is 6.42 Å². The van der Waals surface area contributed by atoms with Crippen LogP contribution in [0.2, 0.25) is 0 Å². The highest BCUT2D eigenvalue weighted by Crippen LogP contribution is 2.36. The van der Waals surface area contributed by atoms with Crippen LogP contribution in [0, 0.1) is 0 Å². The van der Waals surface area contributed by atoms with Gasteiger partial charge in [-0.15, -0.1) is 11.3 Å². The molecule has 21 heavy (non-hydrogen) atoms. The molecule has 7 heteroatoms. The van der Waals surface area contributed by atoms with Gasteiger partial charge < -0.3 is 20.5 Å². The van der Waals surface area contributed by atoms with Crippen LogP contribution >= 0.6 is 11.3 Å². The normalized spacial score (nSPS) is 10.4. The van der Waals surface area contributed by atoms with Gasteiger partial charge in [-0.2, -0.15) is 0 Å². The van der Waals surface area contributed by atoms with Gasteiger partial charge in [0, 0.05) is 26.7 Å². The number of carbonyl (C=O) groups is 2. The molecule has 0 fully saturated rings. The minimum Gasteiger partial charge on any atom is -0.462 e. The molecule has 118 valence electrons. The van der Waals surface area contributed by atoms with Crippen LogP contribution in [0.5, 0.6) is 0 Å². The Bertz CT molecular complexity index is 499. The predicted molar refractivity (Wildman–Crippen MR) is 84.3 cm³/mol. The monoisotopic (exact) mass is 314 g/mol. The summed E-state index contributed by atoms with van der Waals surface area (Å²) in [6, 6.07) is 0. The van der Waals surface area contributed by atoms with Crippen LogP contribution in [-0.2, 0) is 9.47 Å². The maximum absolute atomic E-state index is 12.0. The molecule has 0 atom stereocenters. The molecule has 1 aromatic heterocycles. The summed E-state index contributed by atoms with van der Waals surface area (Å²) >= 11 is 1.18. The molecular weight excluding hydrogens is 292 g/mol. The summed E-state index contributed by atoms with van der Waals surface area (Å²) in [5.74, 6) is -0.670. The van der Waals surface area contributed by atoms with Crippen molar-refractivity contribution in [1.82, 2.24) is 0 Å². The molecule has 0 aliphatic heterocycles. The lowest BCUT2D eigenvalue weighted by Crippen LogP contribution is -2.11. The van der Waals surface area contributed by atoms with E-state index in [0.29, 0.717) is 29.6 Å². The molecule has 1 heterocycles. The summed E-state index contributed by atoms with van der Waals surface area (Å²) in [5, 5.41) is 3.71. The van der Waals surface area contributed by atoms with E-state index >= 15 is 0 Å². The lowest BCUT2D eigenvalue weighted by Gasteiger charge is -2.07. The maximum atomic E-state index is 12.0. The molecule has 1 aromatic rings. The second-order valence-electron chi connectivity index (χ2n) is 4.30. The number of nitrogens with one attached hydrogen (secondary N) is 1. The number of ketones is 1. The van der Waals surface area contributed by atoms with Crippen LogP contribution < -0.4 is 11.1 Å². The highest BCUT2D eigenvalue weighted by Gasteiger charge is 2.24.